The maximum Gasteiger partial charge on any atom is 0.234 e. The Hall–Kier alpha value is -2.71. The number of thiazole rings is 1. The SMILES string of the molecule is COc1cc(NC(=O)CSc2nc(-c3ccc(C)cc3)cs2)cc(OC)c1OC. The van der Waals surface area contributed by atoms with Crippen LogP contribution in [0, 0.1) is 6.92 Å². The van der Waals surface area contributed by atoms with E-state index in [1.54, 1.807) is 12.1 Å². The lowest BCUT2D eigenvalue weighted by molar-refractivity contribution is -0.113. The summed E-state index contributed by atoms with van der Waals surface area (Å²) in [6.07, 6.45) is 0. The summed E-state index contributed by atoms with van der Waals surface area (Å²) in [5.74, 6) is 1.55. The van der Waals surface area contributed by atoms with Crippen molar-refractivity contribution in [2.24, 2.45) is 0 Å². The number of amides is 1. The Morgan fingerprint density at radius 2 is 1.72 bits per heavy atom. The molecule has 1 heterocycles. The molecule has 2 aromatic carbocycles. The van der Waals surface area contributed by atoms with Gasteiger partial charge in [-0.15, -0.1) is 11.3 Å². The van der Waals surface area contributed by atoms with Crippen LogP contribution in [0.5, 0.6) is 17.2 Å². The van der Waals surface area contributed by atoms with Crippen molar-refractivity contribution in [1.82, 2.24) is 4.98 Å². The van der Waals surface area contributed by atoms with Crippen molar-refractivity contribution < 1.29 is 19.0 Å². The number of anilines is 1. The number of nitrogens with one attached hydrogen (secondary N) is 1. The van der Waals surface area contributed by atoms with E-state index >= 15 is 0 Å². The molecule has 1 aromatic heterocycles. The number of methoxy groups -OCH3 is 3. The third-order valence-electron chi connectivity index (χ3n) is 4.11. The van der Waals surface area contributed by atoms with Crippen molar-refractivity contribution in [2.45, 2.75) is 11.3 Å². The fourth-order valence-corrected chi connectivity index (χ4v) is 4.29. The first-order chi connectivity index (χ1) is 14.0. The number of nitrogens with zero attached hydrogens (tertiary/aromatic N) is 1. The zero-order chi connectivity index (χ0) is 20.8. The summed E-state index contributed by atoms with van der Waals surface area (Å²) < 4.78 is 16.8. The molecule has 1 amide bonds. The van der Waals surface area contributed by atoms with Crippen molar-refractivity contribution in [2.75, 3.05) is 32.4 Å². The molecule has 0 fully saturated rings. The predicted octanol–water partition coefficient (Wildman–Crippen LogP) is 4.88. The topological polar surface area (TPSA) is 69.7 Å². The molecule has 1 N–H and O–H groups in total. The summed E-state index contributed by atoms with van der Waals surface area (Å²) in [6.45, 7) is 2.05. The molecule has 0 atom stereocenters. The molecule has 0 radical (unpaired) electrons. The van der Waals surface area contributed by atoms with Crippen molar-refractivity contribution >= 4 is 34.7 Å². The zero-order valence-electron chi connectivity index (χ0n) is 16.6. The van der Waals surface area contributed by atoms with Gasteiger partial charge in [0.25, 0.3) is 0 Å². The van der Waals surface area contributed by atoms with E-state index in [4.69, 9.17) is 14.2 Å². The quantitative estimate of drug-likeness (QED) is 0.514. The number of carbonyl (C=O) groups excluding carboxylic acids is 1. The van der Waals surface area contributed by atoms with Gasteiger partial charge in [-0.2, -0.15) is 0 Å². The molecule has 0 saturated carbocycles. The highest BCUT2D eigenvalue weighted by molar-refractivity contribution is 8.01. The van der Waals surface area contributed by atoms with Gasteiger partial charge in [-0.05, 0) is 6.92 Å². The monoisotopic (exact) mass is 430 g/mol. The van der Waals surface area contributed by atoms with Gasteiger partial charge in [-0.25, -0.2) is 4.98 Å². The highest BCUT2D eigenvalue weighted by Gasteiger charge is 2.15. The second kappa shape index (κ2) is 9.67. The zero-order valence-corrected chi connectivity index (χ0v) is 18.3. The largest absolute Gasteiger partial charge is 0.493 e. The number of aromatic nitrogens is 1. The minimum Gasteiger partial charge on any atom is -0.493 e. The molecule has 3 rings (SSSR count). The maximum absolute atomic E-state index is 12.4. The van der Waals surface area contributed by atoms with Gasteiger partial charge in [0.15, 0.2) is 15.8 Å². The Morgan fingerprint density at radius 3 is 2.31 bits per heavy atom. The number of rotatable bonds is 8. The van der Waals surface area contributed by atoms with Crippen LogP contribution in [0.2, 0.25) is 0 Å². The van der Waals surface area contributed by atoms with E-state index in [0.29, 0.717) is 22.9 Å². The second-order valence-corrected chi connectivity index (χ2v) is 8.20. The van der Waals surface area contributed by atoms with E-state index < -0.39 is 0 Å². The van der Waals surface area contributed by atoms with Crippen LogP contribution in [0.15, 0.2) is 46.1 Å². The Kier molecular flexibility index (Phi) is 7.00. The molecule has 3 aromatic rings. The van der Waals surface area contributed by atoms with Crippen molar-refractivity contribution in [3.8, 4) is 28.5 Å². The number of hydrogen-bond donors (Lipinski definition) is 1. The Labute approximate surface area is 178 Å². The van der Waals surface area contributed by atoms with Crippen LogP contribution >= 0.6 is 23.1 Å². The highest BCUT2D eigenvalue weighted by Crippen LogP contribution is 2.40. The average Bonchev–Trinajstić information content (AvgIpc) is 3.21. The normalized spacial score (nSPS) is 10.5. The first kappa shape index (κ1) is 21.0. The molecular weight excluding hydrogens is 408 g/mol. The number of hydrogen-bond acceptors (Lipinski definition) is 7. The lowest BCUT2D eigenvalue weighted by Crippen LogP contribution is -2.14. The molecule has 0 saturated heterocycles. The van der Waals surface area contributed by atoms with Crippen LogP contribution in [0.3, 0.4) is 0 Å². The number of carbonyl (C=O) groups is 1. The van der Waals surface area contributed by atoms with Gasteiger partial charge in [0.05, 0.1) is 32.8 Å². The van der Waals surface area contributed by atoms with E-state index in [0.717, 1.165) is 15.6 Å². The van der Waals surface area contributed by atoms with Crippen LogP contribution in [0.25, 0.3) is 11.3 Å². The number of thioether (sulfide) groups is 1. The van der Waals surface area contributed by atoms with E-state index in [9.17, 15) is 4.79 Å². The standard InChI is InChI=1S/C21H22N2O4S2/c1-13-5-7-14(8-6-13)16-11-28-21(23-16)29-12-19(24)22-15-9-17(25-2)20(27-4)18(10-15)26-3/h5-11H,12H2,1-4H3,(H,22,24). The molecular formula is C21H22N2O4S2. The summed E-state index contributed by atoms with van der Waals surface area (Å²) >= 11 is 2.93. The van der Waals surface area contributed by atoms with Crippen LogP contribution in [-0.4, -0.2) is 38.0 Å². The molecule has 29 heavy (non-hydrogen) atoms. The van der Waals surface area contributed by atoms with E-state index in [1.807, 2.05) is 5.38 Å². The lowest BCUT2D eigenvalue weighted by Gasteiger charge is -2.14. The van der Waals surface area contributed by atoms with Crippen molar-refractivity contribution in [1.29, 1.82) is 0 Å². The molecule has 6 nitrogen and oxygen atoms in total. The minimum absolute atomic E-state index is 0.142. The number of benzene rings is 2. The first-order valence-electron chi connectivity index (χ1n) is 8.79. The predicted molar refractivity (Wildman–Crippen MR) is 118 cm³/mol. The summed E-state index contributed by atoms with van der Waals surface area (Å²) in [4.78, 5) is 17.0. The third kappa shape index (κ3) is 5.21. The molecule has 0 bridgehead atoms. The van der Waals surface area contributed by atoms with Crippen molar-refractivity contribution in [3.05, 3.63) is 47.3 Å². The Morgan fingerprint density at radius 1 is 1.07 bits per heavy atom. The molecule has 0 aliphatic rings. The highest BCUT2D eigenvalue weighted by atomic mass is 32.2. The van der Waals surface area contributed by atoms with Gasteiger partial charge in [0.1, 0.15) is 0 Å². The van der Waals surface area contributed by atoms with Crippen molar-refractivity contribution in [3.63, 3.8) is 0 Å². The minimum atomic E-state index is -0.142. The Balaban J connectivity index is 1.62. The van der Waals surface area contributed by atoms with Crippen LogP contribution < -0.4 is 19.5 Å². The molecule has 0 unspecified atom stereocenters. The Bertz CT molecular complexity index is 962. The van der Waals surface area contributed by atoms with E-state index in [-0.39, 0.29) is 11.7 Å². The molecule has 0 aliphatic heterocycles. The molecule has 8 heteroatoms. The van der Waals surface area contributed by atoms with Gasteiger partial charge in [-0.1, -0.05) is 41.6 Å². The van der Waals surface area contributed by atoms with Crippen LogP contribution in [-0.2, 0) is 4.79 Å². The second-order valence-electron chi connectivity index (χ2n) is 6.12. The lowest BCUT2D eigenvalue weighted by atomic mass is 10.1. The fourth-order valence-electron chi connectivity index (χ4n) is 2.66. The third-order valence-corrected chi connectivity index (χ3v) is 6.13. The van der Waals surface area contributed by atoms with Gasteiger partial charge in [0.2, 0.25) is 11.7 Å². The number of aryl methyl sites for hydroxylation is 1. The first-order valence-corrected chi connectivity index (χ1v) is 10.7. The fraction of sp³-hybridized carbons (Fsp3) is 0.238. The molecule has 0 aliphatic carbocycles. The molecule has 152 valence electrons. The summed E-state index contributed by atoms with van der Waals surface area (Å²) in [6, 6.07) is 11.6. The van der Waals surface area contributed by atoms with Gasteiger partial charge >= 0.3 is 0 Å². The summed E-state index contributed by atoms with van der Waals surface area (Å²) in [7, 11) is 4.61. The van der Waals surface area contributed by atoms with E-state index in [2.05, 4.69) is 41.5 Å². The van der Waals surface area contributed by atoms with Crippen LogP contribution in [0.4, 0.5) is 5.69 Å². The molecule has 0 spiro atoms. The van der Waals surface area contributed by atoms with Gasteiger partial charge in [0, 0.05) is 28.8 Å². The summed E-state index contributed by atoms with van der Waals surface area (Å²) in [5, 5.41) is 4.86. The van der Waals surface area contributed by atoms with E-state index in [1.165, 1.54) is 50.0 Å². The number of ether oxygens (including phenoxy) is 3. The van der Waals surface area contributed by atoms with Gasteiger partial charge < -0.3 is 19.5 Å². The smallest absolute Gasteiger partial charge is 0.234 e. The van der Waals surface area contributed by atoms with Crippen LogP contribution in [0.1, 0.15) is 5.56 Å². The average molecular weight is 431 g/mol. The van der Waals surface area contributed by atoms with Gasteiger partial charge in [-0.3, -0.25) is 4.79 Å². The summed E-state index contributed by atoms with van der Waals surface area (Å²) in [5.41, 5.74) is 3.77. The maximum atomic E-state index is 12.4.